The standard InChI is InChI=1S/C18H21N3O4S2/c1-12-5-6-13(2)17(9-12)27(22,23)25-15-8-7-14(10-16(15)24-4)11-20-21-18(26)19-3/h5-11H,1-4H3,(H2,19,21,26)/b20-11-. The van der Waals surface area contributed by atoms with Crippen LogP contribution < -0.4 is 19.7 Å². The predicted molar refractivity (Wildman–Crippen MR) is 109 cm³/mol. The first-order valence-electron chi connectivity index (χ1n) is 7.97. The number of rotatable bonds is 6. The fourth-order valence-electron chi connectivity index (χ4n) is 2.19. The summed E-state index contributed by atoms with van der Waals surface area (Å²) in [6.45, 7) is 3.54. The summed E-state index contributed by atoms with van der Waals surface area (Å²) in [5, 5.41) is 7.07. The minimum atomic E-state index is -3.99. The van der Waals surface area contributed by atoms with Crippen molar-refractivity contribution in [1.29, 1.82) is 0 Å². The van der Waals surface area contributed by atoms with Crippen LogP contribution >= 0.6 is 12.2 Å². The Morgan fingerprint density at radius 3 is 2.56 bits per heavy atom. The molecule has 2 aromatic rings. The van der Waals surface area contributed by atoms with Gasteiger partial charge in [0, 0.05) is 7.05 Å². The topological polar surface area (TPSA) is 89.0 Å². The second-order valence-electron chi connectivity index (χ2n) is 5.67. The summed E-state index contributed by atoms with van der Waals surface area (Å²) in [6, 6.07) is 9.95. The van der Waals surface area contributed by atoms with Crippen molar-refractivity contribution in [3.05, 3.63) is 53.1 Å². The van der Waals surface area contributed by atoms with Crippen molar-refractivity contribution in [2.24, 2.45) is 5.10 Å². The lowest BCUT2D eigenvalue weighted by atomic mass is 10.2. The van der Waals surface area contributed by atoms with E-state index in [0.717, 1.165) is 5.56 Å². The Hall–Kier alpha value is -2.65. The maximum absolute atomic E-state index is 12.7. The van der Waals surface area contributed by atoms with Crippen LogP contribution in [0.1, 0.15) is 16.7 Å². The molecule has 0 fully saturated rings. The lowest BCUT2D eigenvalue weighted by Crippen LogP contribution is -2.28. The van der Waals surface area contributed by atoms with Gasteiger partial charge in [-0.05, 0) is 67.0 Å². The molecular weight excluding hydrogens is 386 g/mol. The van der Waals surface area contributed by atoms with E-state index in [1.165, 1.54) is 19.4 Å². The summed E-state index contributed by atoms with van der Waals surface area (Å²) >= 11 is 4.92. The number of aryl methyl sites for hydroxylation is 2. The summed E-state index contributed by atoms with van der Waals surface area (Å²) in [5.41, 5.74) is 4.74. The highest BCUT2D eigenvalue weighted by molar-refractivity contribution is 7.87. The summed E-state index contributed by atoms with van der Waals surface area (Å²) in [5.74, 6) is 0.360. The average molecular weight is 408 g/mol. The molecule has 0 aliphatic heterocycles. The Kier molecular flexibility index (Phi) is 6.75. The van der Waals surface area contributed by atoms with Gasteiger partial charge in [-0.2, -0.15) is 13.5 Å². The molecule has 0 atom stereocenters. The average Bonchev–Trinajstić information content (AvgIpc) is 2.64. The molecular formula is C18H21N3O4S2. The zero-order valence-corrected chi connectivity index (χ0v) is 17.1. The first-order chi connectivity index (χ1) is 12.8. The van der Waals surface area contributed by atoms with Gasteiger partial charge in [-0.15, -0.1) is 0 Å². The minimum absolute atomic E-state index is 0.0919. The highest BCUT2D eigenvalue weighted by atomic mass is 32.2. The van der Waals surface area contributed by atoms with E-state index in [0.29, 0.717) is 16.2 Å². The maximum Gasteiger partial charge on any atom is 0.339 e. The van der Waals surface area contributed by atoms with Crippen LogP contribution in [-0.2, 0) is 10.1 Å². The van der Waals surface area contributed by atoms with Crippen molar-refractivity contribution in [3.63, 3.8) is 0 Å². The van der Waals surface area contributed by atoms with E-state index < -0.39 is 10.1 Å². The van der Waals surface area contributed by atoms with Crippen LogP contribution in [0.25, 0.3) is 0 Å². The third-order valence-corrected chi connectivity index (χ3v) is 5.28. The van der Waals surface area contributed by atoms with Crippen LogP contribution in [0, 0.1) is 13.8 Å². The largest absolute Gasteiger partial charge is 0.493 e. The van der Waals surface area contributed by atoms with Crippen molar-refractivity contribution in [2.45, 2.75) is 18.7 Å². The molecule has 0 saturated heterocycles. The molecule has 2 aromatic carbocycles. The van der Waals surface area contributed by atoms with Crippen LogP contribution in [0.4, 0.5) is 0 Å². The van der Waals surface area contributed by atoms with Gasteiger partial charge in [-0.1, -0.05) is 12.1 Å². The Morgan fingerprint density at radius 1 is 1.15 bits per heavy atom. The summed E-state index contributed by atoms with van der Waals surface area (Å²) in [7, 11) is -0.885. The molecule has 0 radical (unpaired) electrons. The molecule has 144 valence electrons. The van der Waals surface area contributed by atoms with Gasteiger partial charge in [-0.3, -0.25) is 5.43 Å². The Balaban J connectivity index is 2.28. The predicted octanol–water partition coefficient (Wildman–Crippen LogP) is 2.51. The number of hydrazone groups is 1. The van der Waals surface area contributed by atoms with E-state index in [1.807, 2.05) is 13.0 Å². The second kappa shape index (κ2) is 8.83. The Labute approximate surface area is 164 Å². The van der Waals surface area contributed by atoms with Crippen molar-refractivity contribution >= 4 is 33.7 Å². The third-order valence-electron chi connectivity index (χ3n) is 3.61. The van der Waals surface area contributed by atoms with Crippen molar-refractivity contribution in [2.75, 3.05) is 14.2 Å². The van der Waals surface area contributed by atoms with Gasteiger partial charge in [-0.25, -0.2) is 0 Å². The van der Waals surface area contributed by atoms with E-state index in [2.05, 4.69) is 15.8 Å². The zero-order valence-electron chi connectivity index (χ0n) is 15.4. The Bertz CT molecular complexity index is 973. The monoisotopic (exact) mass is 407 g/mol. The van der Waals surface area contributed by atoms with Crippen LogP contribution in [-0.4, -0.2) is 33.9 Å². The highest BCUT2D eigenvalue weighted by Crippen LogP contribution is 2.31. The van der Waals surface area contributed by atoms with E-state index in [1.54, 1.807) is 38.2 Å². The smallest absolute Gasteiger partial charge is 0.339 e. The molecule has 0 amide bonds. The van der Waals surface area contributed by atoms with Gasteiger partial charge in [0.1, 0.15) is 4.90 Å². The lowest BCUT2D eigenvalue weighted by Gasteiger charge is -2.13. The van der Waals surface area contributed by atoms with Crippen LogP contribution in [0.3, 0.4) is 0 Å². The number of benzene rings is 2. The second-order valence-corrected chi connectivity index (χ2v) is 7.59. The minimum Gasteiger partial charge on any atom is -0.493 e. The number of ether oxygens (including phenoxy) is 1. The molecule has 0 spiro atoms. The van der Waals surface area contributed by atoms with Gasteiger partial charge >= 0.3 is 10.1 Å². The number of methoxy groups -OCH3 is 1. The van der Waals surface area contributed by atoms with Gasteiger partial charge in [0.2, 0.25) is 0 Å². The molecule has 0 unspecified atom stereocenters. The fraction of sp³-hybridized carbons (Fsp3) is 0.222. The highest BCUT2D eigenvalue weighted by Gasteiger charge is 2.21. The first-order valence-corrected chi connectivity index (χ1v) is 9.79. The van der Waals surface area contributed by atoms with Crippen molar-refractivity contribution < 1.29 is 17.3 Å². The quantitative estimate of drug-likeness (QED) is 0.329. The molecule has 27 heavy (non-hydrogen) atoms. The third kappa shape index (κ3) is 5.41. The van der Waals surface area contributed by atoms with Gasteiger partial charge < -0.3 is 14.2 Å². The van der Waals surface area contributed by atoms with E-state index in [9.17, 15) is 8.42 Å². The van der Waals surface area contributed by atoms with Crippen molar-refractivity contribution in [1.82, 2.24) is 10.7 Å². The van der Waals surface area contributed by atoms with Gasteiger partial charge in [0.05, 0.1) is 13.3 Å². The lowest BCUT2D eigenvalue weighted by molar-refractivity contribution is 0.390. The maximum atomic E-state index is 12.7. The van der Waals surface area contributed by atoms with Crippen LogP contribution in [0.2, 0.25) is 0 Å². The van der Waals surface area contributed by atoms with Gasteiger partial charge in [0.25, 0.3) is 0 Å². The van der Waals surface area contributed by atoms with Crippen LogP contribution in [0.15, 0.2) is 46.4 Å². The van der Waals surface area contributed by atoms with E-state index in [4.69, 9.17) is 21.1 Å². The number of nitrogens with zero attached hydrogens (tertiary/aromatic N) is 1. The molecule has 0 aliphatic carbocycles. The molecule has 0 heterocycles. The summed E-state index contributed by atoms with van der Waals surface area (Å²) in [4.78, 5) is 0.125. The number of hydrogen-bond donors (Lipinski definition) is 2. The molecule has 0 saturated carbocycles. The number of thiocarbonyl (C=S) groups is 1. The van der Waals surface area contributed by atoms with Crippen molar-refractivity contribution in [3.8, 4) is 11.5 Å². The molecule has 9 heteroatoms. The molecule has 2 rings (SSSR count). The SMILES string of the molecule is CNC(=S)N/N=C\c1ccc(OS(=O)(=O)c2cc(C)ccc2C)c(OC)c1. The number of nitrogens with one attached hydrogen (secondary N) is 2. The molecule has 0 aromatic heterocycles. The van der Waals surface area contributed by atoms with E-state index in [-0.39, 0.29) is 16.4 Å². The molecule has 7 nitrogen and oxygen atoms in total. The first kappa shape index (κ1) is 20.7. The fourth-order valence-corrected chi connectivity index (χ4v) is 3.50. The van der Waals surface area contributed by atoms with E-state index >= 15 is 0 Å². The Morgan fingerprint density at radius 2 is 1.89 bits per heavy atom. The molecule has 2 N–H and O–H groups in total. The molecule has 0 bridgehead atoms. The summed E-state index contributed by atoms with van der Waals surface area (Å²) in [6.07, 6.45) is 1.52. The summed E-state index contributed by atoms with van der Waals surface area (Å²) < 4.78 is 35.9. The van der Waals surface area contributed by atoms with Gasteiger partial charge in [0.15, 0.2) is 16.6 Å². The zero-order chi connectivity index (χ0) is 20.0. The number of hydrogen-bond acceptors (Lipinski definition) is 6. The van der Waals surface area contributed by atoms with Crippen LogP contribution in [0.5, 0.6) is 11.5 Å². The molecule has 0 aliphatic rings. The normalized spacial score (nSPS) is 11.3.